The molecule has 0 unspecified atom stereocenters. The first-order valence-corrected chi connectivity index (χ1v) is 3.21. The molecule has 0 heterocycles. The van der Waals surface area contributed by atoms with Crippen LogP contribution in [-0.4, -0.2) is 16.8 Å². The molecule has 0 saturated heterocycles. The maximum atomic E-state index is 10.7. The van der Waals surface area contributed by atoms with Crippen LogP contribution in [0.4, 0.5) is 0 Å². The molecule has 58 valence electrons. The smallest absolute Gasteiger partial charge is 0.323 e. The second-order valence-electron chi connectivity index (χ2n) is 2.07. The van der Waals surface area contributed by atoms with Gasteiger partial charge in [0.15, 0.2) is 0 Å². The molecule has 0 aliphatic carbocycles. The molecular formula is C8H10N2O. The molecule has 0 aromatic heterocycles. The van der Waals surface area contributed by atoms with Crippen molar-refractivity contribution in [2.75, 3.05) is 0 Å². The third-order valence-corrected chi connectivity index (χ3v) is 1.18. The number of hydrogen-bond donors (Lipinski definition) is 0. The van der Waals surface area contributed by atoms with Crippen molar-refractivity contribution in [1.82, 2.24) is 0 Å². The van der Waals surface area contributed by atoms with E-state index < -0.39 is 0 Å². The van der Waals surface area contributed by atoms with Crippen molar-refractivity contribution < 1.29 is 9.58 Å². The average Bonchev–Trinajstić information content (AvgIpc) is 2.01. The van der Waals surface area contributed by atoms with Crippen LogP contribution in [-0.2, 0) is 4.79 Å². The van der Waals surface area contributed by atoms with Gasteiger partial charge in [0.1, 0.15) is 0 Å². The first-order valence-electron chi connectivity index (χ1n) is 3.21. The first-order chi connectivity index (χ1) is 5.20. The van der Waals surface area contributed by atoms with Gasteiger partial charge in [-0.3, -0.25) is 4.79 Å². The summed E-state index contributed by atoms with van der Waals surface area (Å²) in [5.41, 5.74) is 8.78. The fourth-order valence-electron chi connectivity index (χ4n) is 0.515. The lowest BCUT2D eigenvalue weighted by atomic mass is 10.1. The van der Waals surface area contributed by atoms with Gasteiger partial charge in [-0.05, 0) is 6.42 Å². The first kappa shape index (κ1) is 9.53. The van der Waals surface area contributed by atoms with Gasteiger partial charge in [0.05, 0.1) is 0 Å². The zero-order chi connectivity index (χ0) is 8.69. The van der Waals surface area contributed by atoms with E-state index in [9.17, 15) is 4.79 Å². The summed E-state index contributed by atoms with van der Waals surface area (Å²) in [6.07, 6.45) is 3.36. The normalized spacial score (nSPS) is 8.00. The Morgan fingerprint density at radius 1 is 1.55 bits per heavy atom. The Balaban J connectivity index is 3.70. The van der Waals surface area contributed by atoms with Crippen LogP contribution < -0.4 is 0 Å². The fraction of sp³-hybridized carbons (Fsp3) is 0.250. The standard InChI is InChI=1S/C8H10N2O/c1-3-7(2)4-5-8(11)6-10-9/h3,6H,1-2,4-5H2. The van der Waals surface area contributed by atoms with Gasteiger partial charge in [-0.2, -0.15) is 4.79 Å². The lowest BCUT2D eigenvalue weighted by Gasteiger charge is -1.92. The van der Waals surface area contributed by atoms with Crippen LogP contribution in [0.5, 0.6) is 0 Å². The van der Waals surface area contributed by atoms with Crippen molar-refractivity contribution in [2.45, 2.75) is 12.8 Å². The molecule has 0 radical (unpaired) electrons. The summed E-state index contributed by atoms with van der Waals surface area (Å²) in [5, 5.41) is 0. The highest BCUT2D eigenvalue weighted by Gasteiger charge is 2.01. The third-order valence-electron chi connectivity index (χ3n) is 1.18. The van der Waals surface area contributed by atoms with Crippen molar-refractivity contribution in [3.63, 3.8) is 0 Å². The van der Waals surface area contributed by atoms with Crippen LogP contribution in [0.15, 0.2) is 24.8 Å². The lowest BCUT2D eigenvalue weighted by Crippen LogP contribution is -1.99. The summed E-state index contributed by atoms with van der Waals surface area (Å²) in [6.45, 7) is 7.12. The minimum absolute atomic E-state index is 0.212. The number of nitrogens with zero attached hydrogens (tertiary/aromatic N) is 2. The molecule has 3 heteroatoms. The van der Waals surface area contributed by atoms with E-state index in [4.69, 9.17) is 5.53 Å². The molecule has 0 N–H and O–H groups in total. The monoisotopic (exact) mass is 150 g/mol. The van der Waals surface area contributed by atoms with Crippen LogP contribution in [0, 0.1) is 0 Å². The summed E-state index contributed by atoms with van der Waals surface area (Å²) in [6, 6.07) is 0. The molecule has 0 aromatic carbocycles. The van der Waals surface area contributed by atoms with Gasteiger partial charge in [0.2, 0.25) is 5.78 Å². The van der Waals surface area contributed by atoms with Crippen LogP contribution in [0.3, 0.4) is 0 Å². The number of carbonyl (C=O) groups is 1. The maximum Gasteiger partial charge on any atom is 0.323 e. The van der Waals surface area contributed by atoms with E-state index >= 15 is 0 Å². The molecule has 0 aromatic rings. The molecule has 0 bridgehead atoms. The number of ketones is 1. The van der Waals surface area contributed by atoms with Crippen LogP contribution in [0.2, 0.25) is 0 Å². The Morgan fingerprint density at radius 3 is 2.64 bits per heavy atom. The second-order valence-corrected chi connectivity index (χ2v) is 2.07. The van der Waals surface area contributed by atoms with Crippen LogP contribution in [0.1, 0.15) is 12.8 Å². The topological polar surface area (TPSA) is 53.5 Å². The molecule has 0 atom stereocenters. The van der Waals surface area contributed by atoms with Gasteiger partial charge in [-0.1, -0.05) is 24.8 Å². The van der Waals surface area contributed by atoms with Crippen LogP contribution >= 0.6 is 0 Å². The molecule has 11 heavy (non-hydrogen) atoms. The Hall–Kier alpha value is -1.47. The Kier molecular flexibility index (Phi) is 4.61. The summed E-state index contributed by atoms with van der Waals surface area (Å²) in [7, 11) is 0. The minimum Gasteiger partial charge on any atom is -0.361 e. The van der Waals surface area contributed by atoms with E-state index in [0.29, 0.717) is 12.8 Å². The number of carbonyl (C=O) groups excluding carboxylic acids is 1. The zero-order valence-electron chi connectivity index (χ0n) is 6.29. The Labute approximate surface area is 65.7 Å². The van der Waals surface area contributed by atoms with Crippen molar-refractivity contribution >= 4 is 12.0 Å². The van der Waals surface area contributed by atoms with E-state index in [1.807, 2.05) is 0 Å². The second kappa shape index (κ2) is 5.33. The van der Waals surface area contributed by atoms with Gasteiger partial charge in [0, 0.05) is 6.42 Å². The van der Waals surface area contributed by atoms with Crippen molar-refractivity contribution in [3.8, 4) is 0 Å². The molecule has 0 amide bonds. The number of allylic oxidation sites excluding steroid dienone is 2. The quantitative estimate of drug-likeness (QED) is 0.253. The highest BCUT2D eigenvalue weighted by Crippen LogP contribution is 2.01. The molecule has 0 saturated carbocycles. The summed E-state index contributed by atoms with van der Waals surface area (Å²) in [5.74, 6) is -0.212. The molecule has 0 fully saturated rings. The Morgan fingerprint density at radius 2 is 2.18 bits per heavy atom. The average molecular weight is 150 g/mol. The maximum absolute atomic E-state index is 10.7. The zero-order valence-corrected chi connectivity index (χ0v) is 6.29. The van der Waals surface area contributed by atoms with Gasteiger partial charge in [-0.15, -0.1) is 0 Å². The largest absolute Gasteiger partial charge is 0.361 e. The van der Waals surface area contributed by atoms with Crippen molar-refractivity contribution in [1.29, 1.82) is 0 Å². The van der Waals surface area contributed by atoms with Crippen LogP contribution in [0.25, 0.3) is 5.53 Å². The minimum atomic E-state index is -0.212. The van der Waals surface area contributed by atoms with Crippen molar-refractivity contribution in [2.24, 2.45) is 0 Å². The van der Waals surface area contributed by atoms with Crippen molar-refractivity contribution in [3.05, 3.63) is 30.3 Å². The highest BCUT2D eigenvalue weighted by molar-refractivity contribution is 6.25. The van der Waals surface area contributed by atoms with E-state index in [0.717, 1.165) is 11.8 Å². The SMILES string of the molecule is C=CC(=C)CCC(=O)C=[N+]=[N-]. The van der Waals surface area contributed by atoms with E-state index in [2.05, 4.69) is 17.9 Å². The molecule has 3 nitrogen and oxygen atoms in total. The lowest BCUT2D eigenvalue weighted by molar-refractivity contribution is -0.116. The molecule has 0 spiro atoms. The predicted octanol–water partition coefficient (Wildman–Crippen LogP) is 1.38. The molecule has 0 rings (SSSR count). The number of hydrogen-bond acceptors (Lipinski definition) is 1. The Bertz CT molecular complexity index is 224. The number of Topliss-reactive ketones (excluding diaryl/α,β-unsaturated/α-hetero) is 1. The molecular weight excluding hydrogens is 140 g/mol. The predicted molar refractivity (Wildman–Crippen MR) is 43.3 cm³/mol. The van der Waals surface area contributed by atoms with Gasteiger partial charge >= 0.3 is 6.21 Å². The molecule has 0 aliphatic heterocycles. The summed E-state index contributed by atoms with van der Waals surface area (Å²) >= 11 is 0. The molecule has 0 aliphatic rings. The summed E-state index contributed by atoms with van der Waals surface area (Å²) in [4.78, 5) is 13.3. The fourth-order valence-corrected chi connectivity index (χ4v) is 0.515. The van der Waals surface area contributed by atoms with Gasteiger partial charge in [-0.25, -0.2) is 0 Å². The highest BCUT2D eigenvalue weighted by atomic mass is 16.1. The summed E-state index contributed by atoms with van der Waals surface area (Å²) < 4.78 is 0. The van der Waals surface area contributed by atoms with Gasteiger partial charge in [0.25, 0.3) is 0 Å². The number of rotatable bonds is 5. The van der Waals surface area contributed by atoms with Gasteiger partial charge < -0.3 is 5.53 Å². The van der Waals surface area contributed by atoms with E-state index in [1.165, 1.54) is 0 Å². The van der Waals surface area contributed by atoms with E-state index in [1.54, 1.807) is 6.08 Å². The van der Waals surface area contributed by atoms with E-state index in [-0.39, 0.29) is 5.78 Å². The third kappa shape index (κ3) is 5.00.